The molecule has 0 radical (unpaired) electrons. The molecule has 4 heteroatoms. The second kappa shape index (κ2) is 37.4. The van der Waals surface area contributed by atoms with Crippen molar-refractivity contribution in [2.75, 3.05) is 0 Å². The van der Waals surface area contributed by atoms with Crippen LogP contribution in [-0.2, 0) is 14.3 Å². The molecule has 0 aromatic carbocycles. The van der Waals surface area contributed by atoms with E-state index in [0.29, 0.717) is 6.42 Å². The molecule has 0 rings (SSSR count). The highest BCUT2D eigenvalue weighted by molar-refractivity contribution is 5.69. The maximum atomic E-state index is 12.6. The van der Waals surface area contributed by atoms with Crippen molar-refractivity contribution >= 4 is 11.9 Å². The summed E-state index contributed by atoms with van der Waals surface area (Å²) >= 11 is 0. The van der Waals surface area contributed by atoms with Crippen LogP contribution in [0.1, 0.15) is 200 Å². The molecule has 0 bridgehead atoms. The van der Waals surface area contributed by atoms with E-state index in [9.17, 15) is 9.59 Å². The Morgan fingerprint density at radius 1 is 0.478 bits per heavy atom. The number of carboxylic acids is 1. The fraction of sp³-hybridized carbons (Fsp3) is 0.762. The van der Waals surface area contributed by atoms with Crippen molar-refractivity contribution in [1.82, 2.24) is 0 Å². The van der Waals surface area contributed by atoms with Gasteiger partial charge in [0.25, 0.3) is 0 Å². The van der Waals surface area contributed by atoms with Crippen molar-refractivity contribution in [2.24, 2.45) is 0 Å². The highest BCUT2D eigenvalue weighted by atomic mass is 16.5. The van der Waals surface area contributed by atoms with Gasteiger partial charge in [-0.3, -0.25) is 9.59 Å². The number of carbonyl (C=O) groups is 2. The number of ether oxygens (including phenoxy) is 1. The van der Waals surface area contributed by atoms with Gasteiger partial charge < -0.3 is 9.84 Å². The standard InChI is InChI=1S/C42H74O4/c1-3-5-7-9-11-13-15-17-18-20-21-23-25-28-32-36-40(37-33-29-27-30-34-38-41(43)44)46-42(45)39-35-31-26-24-22-19-16-14-12-10-8-6-4-2/h8,10,14-17,20-21,40H,3-7,9,11-13,18-19,22-39H2,1-2H3,(H,43,44)/b10-8-,16-14-,17-15-,21-20-. The number of hydrogen-bond acceptors (Lipinski definition) is 3. The summed E-state index contributed by atoms with van der Waals surface area (Å²) in [5.74, 6) is -0.733. The van der Waals surface area contributed by atoms with Gasteiger partial charge in [-0.2, -0.15) is 0 Å². The van der Waals surface area contributed by atoms with Crippen LogP contribution in [-0.4, -0.2) is 23.1 Å². The van der Waals surface area contributed by atoms with Crippen molar-refractivity contribution in [3.63, 3.8) is 0 Å². The van der Waals surface area contributed by atoms with Gasteiger partial charge >= 0.3 is 11.9 Å². The van der Waals surface area contributed by atoms with E-state index in [-0.39, 0.29) is 18.5 Å². The van der Waals surface area contributed by atoms with Crippen LogP contribution in [0, 0.1) is 0 Å². The minimum absolute atomic E-state index is 0.0255. The summed E-state index contributed by atoms with van der Waals surface area (Å²) in [6, 6.07) is 0. The third kappa shape index (κ3) is 36.4. The average molecular weight is 643 g/mol. The Balaban J connectivity index is 4.15. The fourth-order valence-electron chi connectivity index (χ4n) is 5.60. The number of allylic oxidation sites excluding steroid dienone is 8. The second-order valence-corrected chi connectivity index (χ2v) is 13.1. The Hall–Kier alpha value is -2.10. The first kappa shape index (κ1) is 43.9. The van der Waals surface area contributed by atoms with Gasteiger partial charge in [0.05, 0.1) is 0 Å². The highest BCUT2D eigenvalue weighted by Crippen LogP contribution is 2.18. The minimum Gasteiger partial charge on any atom is -0.481 e. The summed E-state index contributed by atoms with van der Waals surface area (Å²) in [6.07, 6.45) is 49.8. The molecule has 1 unspecified atom stereocenters. The maximum Gasteiger partial charge on any atom is 0.306 e. The van der Waals surface area contributed by atoms with Crippen LogP contribution < -0.4 is 0 Å². The Labute approximate surface area is 285 Å². The lowest BCUT2D eigenvalue weighted by atomic mass is 10.0. The summed E-state index contributed by atoms with van der Waals surface area (Å²) in [7, 11) is 0. The first-order valence-corrected chi connectivity index (χ1v) is 19.6. The molecule has 0 aromatic heterocycles. The zero-order chi connectivity index (χ0) is 33.6. The number of esters is 1. The van der Waals surface area contributed by atoms with Gasteiger partial charge in [-0.1, -0.05) is 140 Å². The largest absolute Gasteiger partial charge is 0.481 e. The molecule has 0 aliphatic heterocycles. The predicted octanol–water partition coefficient (Wildman–Crippen LogP) is 13.6. The molecule has 4 nitrogen and oxygen atoms in total. The van der Waals surface area contributed by atoms with Crippen LogP contribution in [0.2, 0.25) is 0 Å². The predicted molar refractivity (Wildman–Crippen MR) is 199 cm³/mol. The molecule has 0 amide bonds. The van der Waals surface area contributed by atoms with E-state index in [0.717, 1.165) is 89.9 Å². The Morgan fingerprint density at radius 2 is 0.891 bits per heavy atom. The molecule has 0 spiro atoms. The van der Waals surface area contributed by atoms with Crippen molar-refractivity contribution in [1.29, 1.82) is 0 Å². The zero-order valence-electron chi connectivity index (χ0n) is 30.4. The van der Waals surface area contributed by atoms with Gasteiger partial charge in [0, 0.05) is 12.8 Å². The average Bonchev–Trinajstić information content (AvgIpc) is 3.04. The van der Waals surface area contributed by atoms with Crippen LogP contribution in [0.15, 0.2) is 48.6 Å². The van der Waals surface area contributed by atoms with Gasteiger partial charge in [-0.15, -0.1) is 0 Å². The SMILES string of the molecule is CCC/C=C\C/C=C\CCCCCCCC(=O)OC(CCCCC/C=C\C/C=C\CCCCCCC)CCCCCCCC(=O)O. The maximum absolute atomic E-state index is 12.6. The van der Waals surface area contributed by atoms with E-state index in [1.807, 2.05) is 0 Å². The lowest BCUT2D eigenvalue weighted by Crippen LogP contribution is -2.18. The van der Waals surface area contributed by atoms with Gasteiger partial charge in [0.1, 0.15) is 6.10 Å². The molecule has 0 aromatic rings. The van der Waals surface area contributed by atoms with Gasteiger partial charge in [-0.25, -0.2) is 0 Å². The first-order valence-electron chi connectivity index (χ1n) is 19.6. The number of unbranched alkanes of at least 4 members (excludes halogenated alkanes) is 18. The third-order valence-corrected chi connectivity index (χ3v) is 8.50. The number of carboxylic acid groups (broad SMARTS) is 1. The molecular weight excluding hydrogens is 568 g/mol. The van der Waals surface area contributed by atoms with Crippen LogP contribution >= 0.6 is 0 Å². The van der Waals surface area contributed by atoms with E-state index >= 15 is 0 Å². The number of hydrogen-bond donors (Lipinski definition) is 1. The fourth-order valence-corrected chi connectivity index (χ4v) is 5.60. The third-order valence-electron chi connectivity index (χ3n) is 8.50. The molecule has 1 N–H and O–H groups in total. The lowest BCUT2D eigenvalue weighted by molar-refractivity contribution is -0.150. The lowest BCUT2D eigenvalue weighted by Gasteiger charge is -2.18. The van der Waals surface area contributed by atoms with Crippen LogP contribution in [0.25, 0.3) is 0 Å². The second-order valence-electron chi connectivity index (χ2n) is 13.1. The molecule has 0 aliphatic carbocycles. The van der Waals surface area contributed by atoms with E-state index in [4.69, 9.17) is 9.84 Å². The van der Waals surface area contributed by atoms with Crippen LogP contribution in [0.4, 0.5) is 0 Å². The quantitative estimate of drug-likeness (QED) is 0.0424. The van der Waals surface area contributed by atoms with Crippen molar-refractivity contribution < 1.29 is 19.4 Å². The van der Waals surface area contributed by atoms with Crippen LogP contribution in [0.3, 0.4) is 0 Å². The molecule has 266 valence electrons. The molecule has 1 atom stereocenters. The van der Waals surface area contributed by atoms with Crippen molar-refractivity contribution in [3.8, 4) is 0 Å². The monoisotopic (exact) mass is 643 g/mol. The number of rotatable bonds is 35. The van der Waals surface area contributed by atoms with Crippen LogP contribution in [0.5, 0.6) is 0 Å². The first-order chi connectivity index (χ1) is 22.6. The van der Waals surface area contributed by atoms with Crippen molar-refractivity contribution in [3.05, 3.63) is 48.6 Å². The molecule has 0 aliphatic rings. The smallest absolute Gasteiger partial charge is 0.306 e. The molecule has 0 saturated heterocycles. The highest BCUT2D eigenvalue weighted by Gasteiger charge is 2.14. The van der Waals surface area contributed by atoms with E-state index in [1.165, 1.54) is 83.5 Å². The Bertz CT molecular complexity index is 779. The van der Waals surface area contributed by atoms with E-state index in [1.54, 1.807) is 0 Å². The summed E-state index contributed by atoms with van der Waals surface area (Å²) < 4.78 is 5.98. The van der Waals surface area contributed by atoms with Gasteiger partial charge in [0.2, 0.25) is 0 Å². The Kier molecular flexibility index (Phi) is 35.7. The molecule has 0 heterocycles. The summed E-state index contributed by atoms with van der Waals surface area (Å²) in [5, 5.41) is 8.82. The molecular formula is C42H74O4. The summed E-state index contributed by atoms with van der Waals surface area (Å²) in [4.78, 5) is 23.4. The number of aliphatic carboxylic acids is 1. The zero-order valence-corrected chi connectivity index (χ0v) is 30.4. The molecule has 0 saturated carbocycles. The van der Waals surface area contributed by atoms with Crippen molar-refractivity contribution in [2.45, 2.75) is 206 Å². The Morgan fingerprint density at radius 3 is 1.39 bits per heavy atom. The van der Waals surface area contributed by atoms with Gasteiger partial charge in [-0.05, 0) is 96.3 Å². The normalized spacial score (nSPS) is 12.7. The summed E-state index contributed by atoms with van der Waals surface area (Å²) in [5.41, 5.74) is 0. The van der Waals surface area contributed by atoms with E-state index < -0.39 is 5.97 Å². The molecule has 0 fully saturated rings. The number of carbonyl (C=O) groups excluding carboxylic acids is 1. The van der Waals surface area contributed by atoms with Gasteiger partial charge in [0.15, 0.2) is 0 Å². The topological polar surface area (TPSA) is 63.6 Å². The van der Waals surface area contributed by atoms with E-state index in [2.05, 4.69) is 62.5 Å². The summed E-state index contributed by atoms with van der Waals surface area (Å²) in [6.45, 7) is 4.47. The molecule has 46 heavy (non-hydrogen) atoms. The minimum atomic E-state index is -0.707.